The van der Waals surface area contributed by atoms with Crippen LogP contribution in [0.5, 0.6) is 0 Å². The molecule has 0 aliphatic rings. The number of unbranched alkanes of at least 4 members (excludes halogenated alkanes) is 11. The van der Waals surface area contributed by atoms with Gasteiger partial charge in [0.1, 0.15) is 0 Å². The maximum atomic E-state index is 10.5. The maximum Gasteiger partial charge on any atom is 0.335 e. The summed E-state index contributed by atoms with van der Waals surface area (Å²) in [6.07, 6.45) is 17.3. The van der Waals surface area contributed by atoms with E-state index in [1.54, 1.807) is 0 Å². The third-order valence-electron chi connectivity index (χ3n) is 4.04. The minimum absolute atomic E-state index is 0.344. The van der Waals surface area contributed by atoms with E-state index in [0.717, 1.165) is 18.8 Å². The van der Waals surface area contributed by atoms with E-state index in [1.165, 1.54) is 70.6 Å². The molecule has 0 saturated carbocycles. The van der Waals surface area contributed by atoms with Crippen LogP contribution in [0.15, 0.2) is 0 Å². The zero-order chi connectivity index (χ0) is 19.3. The highest BCUT2D eigenvalue weighted by molar-refractivity contribution is 5.67. The molecule has 0 fully saturated rings. The summed E-state index contributed by atoms with van der Waals surface area (Å²) in [6.45, 7) is 3.34. The van der Waals surface area contributed by atoms with Gasteiger partial charge in [-0.15, -0.1) is 0 Å². The van der Waals surface area contributed by atoms with Gasteiger partial charge in [0.25, 0.3) is 0 Å². The summed E-state index contributed by atoms with van der Waals surface area (Å²) >= 11 is 0. The number of carboxylic acids is 2. The highest BCUT2D eigenvalue weighted by atomic mass is 19.1. The molecule has 0 aliphatic carbocycles. The van der Waals surface area contributed by atoms with E-state index in [-0.39, 0.29) is 0 Å². The molecule has 0 bridgehead atoms. The Kier molecular flexibility index (Phi) is 21.8. The molecule has 150 valence electrons. The fourth-order valence-corrected chi connectivity index (χ4v) is 2.60. The molecule has 0 amide bonds. The van der Waals surface area contributed by atoms with Crippen LogP contribution in [0.25, 0.3) is 0 Å². The van der Waals surface area contributed by atoms with Crippen LogP contribution in [0, 0.1) is 5.92 Å². The van der Waals surface area contributed by atoms with Gasteiger partial charge in [0, 0.05) is 6.42 Å². The average Bonchev–Trinajstić information content (AvgIpc) is 2.55. The molecule has 0 saturated heterocycles. The van der Waals surface area contributed by atoms with Crippen LogP contribution in [0.3, 0.4) is 0 Å². The van der Waals surface area contributed by atoms with E-state index < -0.39 is 18.6 Å². The van der Waals surface area contributed by atoms with E-state index >= 15 is 0 Å². The third kappa shape index (κ3) is 31.2. The Morgan fingerprint density at radius 2 is 1.00 bits per heavy atom. The summed E-state index contributed by atoms with van der Waals surface area (Å²) in [5.74, 6) is -1.20. The summed E-state index contributed by atoms with van der Waals surface area (Å²) in [5.41, 5.74) is 0. The second kappa shape index (κ2) is 20.9. The number of carboxylic acid groups (broad SMARTS) is 2. The molecule has 0 rings (SSSR count). The first-order valence-corrected chi connectivity index (χ1v) is 9.89. The SMILES string of the molecule is CC(C)CCCCCCCCCCCCCCC(=O)O.O=C(O)CF. The molecule has 4 nitrogen and oxygen atoms in total. The largest absolute Gasteiger partial charge is 0.481 e. The molecule has 0 aromatic rings. The molecule has 5 heteroatoms. The molecule has 0 aromatic carbocycles. The van der Waals surface area contributed by atoms with Crippen molar-refractivity contribution in [3.8, 4) is 0 Å². The predicted molar refractivity (Wildman–Crippen MR) is 101 cm³/mol. The van der Waals surface area contributed by atoms with Crippen molar-refractivity contribution in [1.82, 2.24) is 0 Å². The van der Waals surface area contributed by atoms with E-state index in [2.05, 4.69) is 13.8 Å². The maximum absolute atomic E-state index is 10.5. The van der Waals surface area contributed by atoms with Crippen molar-refractivity contribution in [2.45, 2.75) is 104 Å². The Morgan fingerprint density at radius 1 is 0.680 bits per heavy atom. The molecule has 0 unspecified atom stereocenters. The van der Waals surface area contributed by atoms with E-state index in [0.29, 0.717) is 6.42 Å². The van der Waals surface area contributed by atoms with Gasteiger partial charge in [0.15, 0.2) is 6.67 Å². The van der Waals surface area contributed by atoms with Crippen molar-refractivity contribution in [1.29, 1.82) is 0 Å². The first kappa shape index (κ1) is 26.1. The number of hydrogen-bond acceptors (Lipinski definition) is 2. The summed E-state index contributed by atoms with van der Waals surface area (Å²) in [4.78, 5) is 19.3. The van der Waals surface area contributed by atoms with Gasteiger partial charge in [-0.25, -0.2) is 9.18 Å². The molecule has 2 N–H and O–H groups in total. The smallest absolute Gasteiger partial charge is 0.335 e. The van der Waals surface area contributed by atoms with E-state index in [4.69, 9.17) is 15.0 Å². The highest BCUT2D eigenvalue weighted by Gasteiger charge is 1.97. The Labute approximate surface area is 153 Å². The van der Waals surface area contributed by atoms with Gasteiger partial charge in [-0.2, -0.15) is 0 Å². The molecular weight excluding hydrogens is 323 g/mol. The predicted octanol–water partition coefficient (Wildman–Crippen LogP) is 6.23. The Balaban J connectivity index is 0. The number of hydrogen-bond donors (Lipinski definition) is 2. The molecule has 0 spiro atoms. The minimum atomic E-state index is -1.41. The Bertz CT molecular complexity index is 306. The lowest BCUT2D eigenvalue weighted by Gasteiger charge is -2.04. The number of halogens is 1. The zero-order valence-corrected chi connectivity index (χ0v) is 16.3. The molecule has 25 heavy (non-hydrogen) atoms. The molecule has 0 aromatic heterocycles. The lowest BCUT2D eigenvalue weighted by atomic mass is 10.0. The first-order chi connectivity index (χ1) is 11.9. The van der Waals surface area contributed by atoms with Gasteiger partial charge in [-0.1, -0.05) is 90.9 Å². The van der Waals surface area contributed by atoms with Gasteiger partial charge in [-0.05, 0) is 12.3 Å². The number of alkyl halides is 1. The summed E-state index contributed by atoms with van der Waals surface area (Å²) in [6, 6.07) is 0. The Morgan fingerprint density at radius 3 is 1.28 bits per heavy atom. The van der Waals surface area contributed by atoms with E-state index in [1.807, 2.05) is 0 Å². The topological polar surface area (TPSA) is 74.6 Å². The second-order valence-corrected chi connectivity index (χ2v) is 7.10. The van der Waals surface area contributed by atoms with Crippen LogP contribution < -0.4 is 0 Å². The molecule has 0 atom stereocenters. The second-order valence-electron chi connectivity index (χ2n) is 7.10. The van der Waals surface area contributed by atoms with Crippen molar-refractivity contribution >= 4 is 11.9 Å². The van der Waals surface area contributed by atoms with Crippen molar-refractivity contribution in [3.05, 3.63) is 0 Å². The van der Waals surface area contributed by atoms with Crippen LogP contribution in [0.2, 0.25) is 0 Å². The van der Waals surface area contributed by atoms with Crippen molar-refractivity contribution in [2.75, 3.05) is 6.67 Å². The zero-order valence-electron chi connectivity index (χ0n) is 16.3. The number of rotatable bonds is 16. The van der Waals surface area contributed by atoms with Gasteiger partial charge in [-0.3, -0.25) is 4.79 Å². The Hall–Kier alpha value is -1.13. The van der Waals surface area contributed by atoms with Gasteiger partial charge in [0.05, 0.1) is 0 Å². The van der Waals surface area contributed by atoms with Crippen LogP contribution >= 0.6 is 0 Å². The lowest BCUT2D eigenvalue weighted by Crippen LogP contribution is -1.93. The summed E-state index contributed by atoms with van der Waals surface area (Å²) < 4.78 is 10.5. The summed E-state index contributed by atoms with van der Waals surface area (Å²) in [7, 11) is 0. The lowest BCUT2D eigenvalue weighted by molar-refractivity contribution is -0.138. The molecule has 0 heterocycles. The first-order valence-electron chi connectivity index (χ1n) is 9.89. The summed E-state index contributed by atoms with van der Waals surface area (Å²) in [5, 5.41) is 15.9. The van der Waals surface area contributed by atoms with Crippen LogP contribution in [0.4, 0.5) is 4.39 Å². The average molecular weight is 363 g/mol. The van der Waals surface area contributed by atoms with Crippen LogP contribution in [-0.2, 0) is 9.59 Å². The number of aliphatic carboxylic acids is 2. The molecule has 0 aliphatic heterocycles. The van der Waals surface area contributed by atoms with Crippen molar-refractivity contribution in [2.24, 2.45) is 5.92 Å². The highest BCUT2D eigenvalue weighted by Crippen LogP contribution is 2.14. The minimum Gasteiger partial charge on any atom is -0.481 e. The van der Waals surface area contributed by atoms with Gasteiger partial charge >= 0.3 is 11.9 Å². The van der Waals surface area contributed by atoms with Crippen molar-refractivity contribution < 1.29 is 24.2 Å². The molecular formula is C20H39FO4. The van der Waals surface area contributed by atoms with Crippen molar-refractivity contribution in [3.63, 3.8) is 0 Å². The third-order valence-corrected chi connectivity index (χ3v) is 4.04. The number of carbonyl (C=O) groups is 2. The normalized spacial score (nSPS) is 10.4. The monoisotopic (exact) mass is 362 g/mol. The standard InChI is InChI=1S/C18H36O2.C2H3FO2/c1-17(2)15-13-11-9-7-5-3-4-6-8-10-12-14-16-18(19)20;3-1-2(4)5/h17H,3-16H2,1-2H3,(H,19,20);1H2,(H,4,5). The van der Waals surface area contributed by atoms with Gasteiger partial charge in [0.2, 0.25) is 0 Å². The fourth-order valence-electron chi connectivity index (χ4n) is 2.60. The fraction of sp³-hybridized carbons (Fsp3) is 0.900. The van der Waals surface area contributed by atoms with Gasteiger partial charge < -0.3 is 10.2 Å². The quantitative estimate of drug-likeness (QED) is 0.319. The van der Waals surface area contributed by atoms with Crippen LogP contribution in [-0.4, -0.2) is 28.8 Å². The molecule has 0 radical (unpaired) electrons. The van der Waals surface area contributed by atoms with E-state index in [9.17, 15) is 9.18 Å². The van der Waals surface area contributed by atoms with Crippen LogP contribution in [0.1, 0.15) is 104 Å².